The Kier molecular flexibility index (Phi) is 4.66. The minimum Gasteiger partial charge on any atom is -0.395 e. The van der Waals surface area contributed by atoms with Gasteiger partial charge in [0.15, 0.2) is 5.78 Å². The van der Waals surface area contributed by atoms with Gasteiger partial charge in [-0.2, -0.15) is 13.2 Å². The van der Waals surface area contributed by atoms with E-state index in [9.17, 15) is 18.0 Å². The lowest BCUT2D eigenvalue weighted by Gasteiger charge is -2.24. The van der Waals surface area contributed by atoms with Gasteiger partial charge in [-0.25, -0.2) is 4.98 Å². The third-order valence-electron chi connectivity index (χ3n) is 2.22. The lowest BCUT2D eigenvalue weighted by atomic mass is 10.2. The van der Waals surface area contributed by atoms with Gasteiger partial charge in [0.25, 0.3) is 0 Å². The molecule has 1 N–H and O–H groups in total. The van der Waals surface area contributed by atoms with E-state index in [2.05, 4.69) is 4.98 Å². The van der Waals surface area contributed by atoms with Crippen LogP contribution in [0.4, 0.5) is 19.0 Å². The van der Waals surface area contributed by atoms with Crippen LogP contribution in [-0.2, 0) is 0 Å². The van der Waals surface area contributed by atoms with Crippen molar-refractivity contribution < 1.29 is 23.1 Å². The topological polar surface area (TPSA) is 53.4 Å². The molecule has 1 rings (SSSR count). The van der Waals surface area contributed by atoms with E-state index >= 15 is 0 Å². The summed E-state index contributed by atoms with van der Waals surface area (Å²) in [5.41, 5.74) is 0.283. The van der Waals surface area contributed by atoms with E-state index in [1.165, 1.54) is 25.3 Å². The number of ketones is 1. The number of anilines is 1. The highest BCUT2D eigenvalue weighted by Crippen LogP contribution is 2.21. The fraction of sp³-hybridized carbons (Fsp3) is 0.455. The molecular formula is C11H13F3N2O2. The molecule has 18 heavy (non-hydrogen) atoms. The lowest BCUT2D eigenvalue weighted by molar-refractivity contribution is -0.120. The Balaban J connectivity index is 2.98. The normalized spacial score (nSPS) is 11.4. The standard InChI is InChI=1S/C11H13F3N2O2/c1-8(18)9-2-3-15-10(6-9)16(4-5-17)7-11(12,13)14/h2-3,6,17H,4-5,7H2,1H3. The Bertz CT molecular complexity index is 421. The SMILES string of the molecule is CC(=O)c1ccnc(N(CCO)CC(F)(F)F)c1. The molecule has 4 nitrogen and oxygen atoms in total. The maximum atomic E-state index is 12.4. The summed E-state index contributed by atoms with van der Waals surface area (Å²) in [6.07, 6.45) is -3.13. The lowest BCUT2D eigenvalue weighted by Crippen LogP contribution is -2.36. The number of rotatable bonds is 5. The second-order valence-electron chi connectivity index (χ2n) is 3.72. The average molecular weight is 262 g/mol. The number of nitrogens with zero attached hydrogens (tertiary/aromatic N) is 2. The van der Waals surface area contributed by atoms with Crippen LogP contribution in [0.2, 0.25) is 0 Å². The fourth-order valence-corrected chi connectivity index (χ4v) is 1.42. The molecule has 0 unspecified atom stereocenters. The molecule has 0 aromatic carbocycles. The molecule has 0 radical (unpaired) electrons. The van der Waals surface area contributed by atoms with Gasteiger partial charge in [0.05, 0.1) is 6.61 Å². The van der Waals surface area contributed by atoms with Crippen molar-refractivity contribution in [3.63, 3.8) is 0 Å². The van der Waals surface area contributed by atoms with Gasteiger partial charge < -0.3 is 10.0 Å². The zero-order valence-electron chi connectivity index (χ0n) is 9.74. The van der Waals surface area contributed by atoms with Gasteiger partial charge in [-0.15, -0.1) is 0 Å². The van der Waals surface area contributed by atoms with E-state index in [0.29, 0.717) is 0 Å². The number of aliphatic hydroxyl groups excluding tert-OH is 1. The molecule has 0 saturated heterocycles. The predicted molar refractivity (Wildman–Crippen MR) is 59.6 cm³/mol. The summed E-state index contributed by atoms with van der Waals surface area (Å²) >= 11 is 0. The number of alkyl halides is 3. The van der Waals surface area contributed by atoms with E-state index in [1.807, 2.05) is 0 Å². The van der Waals surface area contributed by atoms with Crippen LogP contribution in [0, 0.1) is 0 Å². The second kappa shape index (κ2) is 5.81. The van der Waals surface area contributed by atoms with E-state index in [0.717, 1.165) is 4.90 Å². The van der Waals surface area contributed by atoms with Crippen molar-refractivity contribution in [2.75, 3.05) is 24.6 Å². The van der Waals surface area contributed by atoms with Crippen molar-refractivity contribution >= 4 is 11.6 Å². The van der Waals surface area contributed by atoms with Crippen molar-refractivity contribution in [3.8, 4) is 0 Å². The van der Waals surface area contributed by atoms with Crippen molar-refractivity contribution in [2.24, 2.45) is 0 Å². The molecule has 100 valence electrons. The molecule has 0 fully saturated rings. The fourth-order valence-electron chi connectivity index (χ4n) is 1.42. The molecule has 0 bridgehead atoms. The van der Waals surface area contributed by atoms with E-state index in [-0.39, 0.29) is 23.7 Å². The number of aromatic nitrogens is 1. The molecule has 0 spiro atoms. The van der Waals surface area contributed by atoms with Gasteiger partial charge in [-0.05, 0) is 19.1 Å². The molecule has 0 atom stereocenters. The number of Topliss-reactive ketones (excluding diaryl/α,β-unsaturated/α-hetero) is 1. The maximum absolute atomic E-state index is 12.4. The Hall–Kier alpha value is -1.63. The first-order valence-electron chi connectivity index (χ1n) is 5.23. The molecule has 0 aliphatic rings. The molecule has 1 heterocycles. The summed E-state index contributed by atoms with van der Waals surface area (Å²) < 4.78 is 37.1. The van der Waals surface area contributed by atoms with Crippen LogP contribution in [0.5, 0.6) is 0 Å². The first-order chi connectivity index (χ1) is 8.33. The summed E-state index contributed by atoms with van der Waals surface area (Å²) in [4.78, 5) is 15.8. The highest BCUT2D eigenvalue weighted by Gasteiger charge is 2.31. The Labute approximate surface area is 102 Å². The van der Waals surface area contributed by atoms with Crippen molar-refractivity contribution in [3.05, 3.63) is 23.9 Å². The second-order valence-corrected chi connectivity index (χ2v) is 3.72. The van der Waals surface area contributed by atoms with Gasteiger partial charge in [0.1, 0.15) is 12.4 Å². The molecule has 0 amide bonds. The first kappa shape index (κ1) is 14.4. The van der Waals surface area contributed by atoms with Crippen LogP contribution in [0.3, 0.4) is 0 Å². The zero-order chi connectivity index (χ0) is 13.8. The quantitative estimate of drug-likeness (QED) is 0.820. The van der Waals surface area contributed by atoms with E-state index in [4.69, 9.17) is 5.11 Å². The third-order valence-corrected chi connectivity index (χ3v) is 2.22. The number of pyridine rings is 1. The molecule has 0 saturated carbocycles. The number of aliphatic hydroxyl groups is 1. The minimum absolute atomic E-state index is 0.0223. The maximum Gasteiger partial charge on any atom is 0.405 e. The molecular weight excluding hydrogens is 249 g/mol. The van der Waals surface area contributed by atoms with Gasteiger partial charge in [0.2, 0.25) is 0 Å². The van der Waals surface area contributed by atoms with Gasteiger partial charge in [-0.3, -0.25) is 4.79 Å². The van der Waals surface area contributed by atoms with Crippen LogP contribution >= 0.6 is 0 Å². The molecule has 0 aliphatic heterocycles. The highest BCUT2D eigenvalue weighted by molar-refractivity contribution is 5.94. The van der Waals surface area contributed by atoms with Crippen molar-refractivity contribution in [2.45, 2.75) is 13.1 Å². The molecule has 1 aromatic heterocycles. The predicted octanol–water partition coefficient (Wildman–Crippen LogP) is 1.65. The van der Waals surface area contributed by atoms with Crippen LogP contribution in [0.1, 0.15) is 17.3 Å². The molecule has 1 aromatic rings. The van der Waals surface area contributed by atoms with Crippen LogP contribution in [-0.4, -0.2) is 41.7 Å². The van der Waals surface area contributed by atoms with E-state index in [1.54, 1.807) is 0 Å². The summed E-state index contributed by atoms with van der Waals surface area (Å²) in [5, 5.41) is 8.77. The molecule has 7 heteroatoms. The summed E-state index contributed by atoms with van der Waals surface area (Å²) in [5.74, 6) is -0.233. The smallest absolute Gasteiger partial charge is 0.395 e. The van der Waals surface area contributed by atoms with Gasteiger partial charge in [0, 0.05) is 18.3 Å². The zero-order valence-corrected chi connectivity index (χ0v) is 9.74. The Morgan fingerprint density at radius 1 is 1.50 bits per heavy atom. The van der Waals surface area contributed by atoms with Crippen LogP contribution in [0.15, 0.2) is 18.3 Å². The third kappa shape index (κ3) is 4.33. The summed E-state index contributed by atoms with van der Waals surface area (Å²) in [6, 6.07) is 2.71. The van der Waals surface area contributed by atoms with Crippen LogP contribution in [0.25, 0.3) is 0 Å². The summed E-state index contributed by atoms with van der Waals surface area (Å²) in [6.45, 7) is -0.531. The number of halogens is 3. The minimum atomic E-state index is -4.40. The Morgan fingerprint density at radius 2 is 2.17 bits per heavy atom. The van der Waals surface area contributed by atoms with Crippen molar-refractivity contribution in [1.82, 2.24) is 4.98 Å². The highest BCUT2D eigenvalue weighted by atomic mass is 19.4. The number of carbonyl (C=O) groups excluding carboxylic acids is 1. The number of hydrogen-bond donors (Lipinski definition) is 1. The largest absolute Gasteiger partial charge is 0.405 e. The van der Waals surface area contributed by atoms with Gasteiger partial charge in [-0.1, -0.05) is 0 Å². The summed E-state index contributed by atoms with van der Waals surface area (Å²) in [7, 11) is 0. The Morgan fingerprint density at radius 3 is 2.67 bits per heavy atom. The number of carbonyl (C=O) groups is 1. The van der Waals surface area contributed by atoms with Crippen LogP contribution < -0.4 is 4.90 Å². The average Bonchev–Trinajstić information content (AvgIpc) is 2.27. The monoisotopic (exact) mass is 262 g/mol. The van der Waals surface area contributed by atoms with Gasteiger partial charge >= 0.3 is 6.18 Å². The number of hydrogen-bond acceptors (Lipinski definition) is 4. The first-order valence-corrected chi connectivity index (χ1v) is 5.23. The van der Waals surface area contributed by atoms with Crippen molar-refractivity contribution in [1.29, 1.82) is 0 Å². The molecule has 0 aliphatic carbocycles. The van der Waals surface area contributed by atoms with E-state index < -0.39 is 19.3 Å².